The molecule has 134 valence electrons. The Balaban J connectivity index is 1.49. The van der Waals surface area contributed by atoms with E-state index in [1.165, 1.54) is 24.5 Å². The maximum Gasteiger partial charge on any atom is 0.270 e. The smallest absolute Gasteiger partial charge is 0.270 e. The third kappa shape index (κ3) is 3.37. The van der Waals surface area contributed by atoms with E-state index in [0.29, 0.717) is 5.69 Å². The number of anilines is 1. The van der Waals surface area contributed by atoms with Gasteiger partial charge in [-0.3, -0.25) is 9.78 Å². The topological polar surface area (TPSA) is 48.5 Å². The molecule has 4 heterocycles. The van der Waals surface area contributed by atoms with Crippen LogP contribution in [0.25, 0.3) is 10.1 Å². The van der Waals surface area contributed by atoms with Gasteiger partial charge >= 0.3 is 0 Å². The van der Waals surface area contributed by atoms with E-state index in [-0.39, 0.29) is 11.9 Å². The van der Waals surface area contributed by atoms with Gasteiger partial charge < -0.3 is 15.1 Å². The summed E-state index contributed by atoms with van der Waals surface area (Å²) in [6.45, 7) is 9.68. The summed E-state index contributed by atoms with van der Waals surface area (Å²) >= 11 is 1.74. The minimum Gasteiger partial charge on any atom is -0.364 e. The molecule has 2 saturated heterocycles. The summed E-state index contributed by atoms with van der Waals surface area (Å²) in [6.07, 6.45) is 4.22. The number of thiophene rings is 1. The van der Waals surface area contributed by atoms with Crippen LogP contribution in [-0.2, 0) is 0 Å². The van der Waals surface area contributed by atoms with Crippen molar-refractivity contribution in [3.05, 3.63) is 24.0 Å². The first-order valence-corrected chi connectivity index (χ1v) is 10.2. The third-order valence-electron chi connectivity index (χ3n) is 5.50. The van der Waals surface area contributed by atoms with Crippen molar-refractivity contribution in [2.75, 3.05) is 37.6 Å². The average Bonchev–Trinajstić information content (AvgIpc) is 3.18. The first-order valence-electron chi connectivity index (χ1n) is 9.34. The normalized spacial score (nSPS) is 25.3. The zero-order chi connectivity index (χ0) is 17.4. The molecule has 4 rings (SSSR count). The highest BCUT2D eigenvalue weighted by Crippen LogP contribution is 2.32. The number of rotatable bonds is 5. The average molecular weight is 359 g/mol. The predicted octanol–water partition coefficient (Wildman–Crippen LogP) is 2.97. The maximum absolute atomic E-state index is 12.6. The van der Waals surface area contributed by atoms with Gasteiger partial charge in [0, 0.05) is 48.5 Å². The number of piperidine rings is 1. The highest BCUT2D eigenvalue weighted by atomic mass is 32.1. The molecule has 2 aliphatic rings. The summed E-state index contributed by atoms with van der Waals surface area (Å²) in [5, 5.41) is 5.57. The van der Waals surface area contributed by atoms with Crippen LogP contribution in [-0.4, -0.2) is 54.6 Å². The molecule has 2 aromatic rings. The first-order chi connectivity index (χ1) is 12.2. The Morgan fingerprint density at radius 1 is 1.36 bits per heavy atom. The molecule has 2 aliphatic heterocycles. The van der Waals surface area contributed by atoms with E-state index >= 15 is 0 Å². The number of pyridine rings is 1. The van der Waals surface area contributed by atoms with E-state index in [1.807, 2.05) is 12.3 Å². The molecular formula is C19H26N4OS. The second kappa shape index (κ2) is 6.92. The van der Waals surface area contributed by atoms with E-state index < -0.39 is 0 Å². The van der Waals surface area contributed by atoms with Crippen molar-refractivity contribution in [1.82, 2.24) is 15.2 Å². The van der Waals surface area contributed by atoms with Crippen molar-refractivity contribution in [2.24, 2.45) is 5.92 Å². The van der Waals surface area contributed by atoms with E-state index in [0.717, 1.165) is 42.1 Å². The molecule has 1 amide bonds. The van der Waals surface area contributed by atoms with Gasteiger partial charge in [-0.1, -0.05) is 0 Å². The number of amides is 1. The van der Waals surface area contributed by atoms with Gasteiger partial charge in [-0.25, -0.2) is 0 Å². The van der Waals surface area contributed by atoms with Crippen LogP contribution >= 0.6 is 11.3 Å². The van der Waals surface area contributed by atoms with Crippen molar-refractivity contribution < 1.29 is 4.79 Å². The number of carbonyl (C=O) groups excluding carboxylic acids is 1. The maximum atomic E-state index is 12.6. The molecule has 2 aromatic heterocycles. The summed E-state index contributed by atoms with van der Waals surface area (Å²) in [5.41, 5.74) is 0.536. The fourth-order valence-corrected chi connectivity index (χ4v) is 5.36. The summed E-state index contributed by atoms with van der Waals surface area (Å²) in [5.74, 6) is 0.718. The molecule has 0 aromatic carbocycles. The molecule has 2 bridgehead atoms. The molecule has 1 unspecified atom stereocenters. The van der Waals surface area contributed by atoms with Crippen molar-refractivity contribution in [3.63, 3.8) is 0 Å². The molecular weight excluding hydrogens is 332 g/mol. The first kappa shape index (κ1) is 16.8. The van der Waals surface area contributed by atoms with Gasteiger partial charge in [-0.15, -0.1) is 11.3 Å². The largest absolute Gasteiger partial charge is 0.364 e. The monoisotopic (exact) mass is 358 g/mol. The third-order valence-corrected chi connectivity index (χ3v) is 6.66. The van der Waals surface area contributed by atoms with E-state index in [4.69, 9.17) is 0 Å². The Labute approximate surface area is 153 Å². The number of fused-ring (bicyclic) bond motifs is 3. The fraction of sp³-hybridized carbons (Fsp3) is 0.579. The molecule has 0 radical (unpaired) electrons. The van der Waals surface area contributed by atoms with Crippen LogP contribution in [0, 0.1) is 5.92 Å². The number of nitrogens with one attached hydrogen (secondary N) is 1. The van der Waals surface area contributed by atoms with Gasteiger partial charge in [0.2, 0.25) is 0 Å². The highest BCUT2D eigenvalue weighted by Gasteiger charge is 2.33. The van der Waals surface area contributed by atoms with Crippen molar-refractivity contribution in [1.29, 1.82) is 0 Å². The molecule has 0 aliphatic carbocycles. The molecule has 25 heavy (non-hydrogen) atoms. The lowest BCUT2D eigenvalue weighted by Gasteiger charge is -2.30. The second-order valence-corrected chi connectivity index (χ2v) is 8.25. The SMILES string of the molecule is CCN(CC)c1cc2cnc(C(=O)N[C@@H]3C[C@H]4CCN(C4)C3)cc2s1. The predicted molar refractivity (Wildman–Crippen MR) is 104 cm³/mol. The quantitative estimate of drug-likeness (QED) is 0.893. The fourth-order valence-electron chi connectivity index (χ4n) is 4.16. The van der Waals surface area contributed by atoms with Gasteiger partial charge in [0.1, 0.15) is 5.69 Å². The van der Waals surface area contributed by atoms with Crippen LogP contribution in [0.2, 0.25) is 0 Å². The summed E-state index contributed by atoms with van der Waals surface area (Å²) < 4.78 is 1.13. The van der Waals surface area contributed by atoms with Crippen LogP contribution < -0.4 is 10.2 Å². The molecule has 0 saturated carbocycles. The van der Waals surface area contributed by atoms with Crippen molar-refractivity contribution in [2.45, 2.75) is 32.7 Å². The summed E-state index contributed by atoms with van der Waals surface area (Å²) in [6, 6.07) is 4.38. The van der Waals surface area contributed by atoms with E-state index in [9.17, 15) is 4.79 Å². The standard InChI is InChI=1S/C19H26N4OS/c1-3-23(4-2)18-8-14-10-20-16(9-17(14)25-18)19(24)21-15-7-13-5-6-22(11-13)12-15/h8-10,13,15H,3-7,11-12H2,1-2H3,(H,21,24)/t13-,15-/m1/s1. The van der Waals surface area contributed by atoms with Crippen LogP contribution in [0.1, 0.15) is 37.2 Å². The van der Waals surface area contributed by atoms with Gasteiger partial charge in [0.15, 0.2) is 0 Å². The minimum absolute atomic E-state index is 0.0350. The van der Waals surface area contributed by atoms with Gasteiger partial charge in [0.05, 0.1) is 5.00 Å². The summed E-state index contributed by atoms with van der Waals surface area (Å²) in [4.78, 5) is 21.9. The molecule has 0 spiro atoms. The highest BCUT2D eigenvalue weighted by molar-refractivity contribution is 7.22. The molecule has 5 nitrogen and oxygen atoms in total. The molecule has 3 atom stereocenters. The Hall–Kier alpha value is -1.66. The van der Waals surface area contributed by atoms with E-state index in [2.05, 4.69) is 40.0 Å². The Morgan fingerprint density at radius 2 is 2.20 bits per heavy atom. The lowest BCUT2D eigenvalue weighted by atomic mass is 9.97. The molecule has 1 N–H and O–H groups in total. The number of hydrogen-bond acceptors (Lipinski definition) is 5. The Kier molecular flexibility index (Phi) is 4.65. The molecule has 2 fully saturated rings. The summed E-state index contributed by atoms with van der Waals surface area (Å²) in [7, 11) is 0. The lowest BCUT2D eigenvalue weighted by Crippen LogP contribution is -2.47. The van der Waals surface area contributed by atoms with E-state index in [1.54, 1.807) is 11.3 Å². The second-order valence-electron chi connectivity index (χ2n) is 7.18. The van der Waals surface area contributed by atoms with Crippen molar-refractivity contribution in [3.8, 4) is 0 Å². The van der Waals surface area contributed by atoms with Crippen LogP contribution in [0.3, 0.4) is 0 Å². The van der Waals surface area contributed by atoms with Crippen LogP contribution in [0.4, 0.5) is 5.00 Å². The number of carbonyl (C=O) groups is 1. The van der Waals surface area contributed by atoms with Crippen molar-refractivity contribution >= 4 is 32.3 Å². The number of aromatic nitrogens is 1. The lowest BCUT2D eigenvalue weighted by molar-refractivity contribution is 0.0904. The Morgan fingerprint density at radius 3 is 2.96 bits per heavy atom. The zero-order valence-corrected chi connectivity index (χ0v) is 15.8. The van der Waals surface area contributed by atoms with Gasteiger partial charge in [-0.2, -0.15) is 0 Å². The zero-order valence-electron chi connectivity index (χ0n) is 15.0. The molecule has 6 heteroatoms. The number of hydrogen-bond donors (Lipinski definition) is 1. The number of nitrogens with zero attached hydrogens (tertiary/aromatic N) is 3. The van der Waals surface area contributed by atoms with Gasteiger partial charge in [0.25, 0.3) is 5.91 Å². The van der Waals surface area contributed by atoms with Gasteiger partial charge in [-0.05, 0) is 51.3 Å². The van der Waals surface area contributed by atoms with Crippen LogP contribution in [0.5, 0.6) is 0 Å². The minimum atomic E-state index is -0.0350. The van der Waals surface area contributed by atoms with Crippen LogP contribution in [0.15, 0.2) is 18.3 Å². The Bertz CT molecular complexity index is 758.